The van der Waals surface area contributed by atoms with Crippen molar-refractivity contribution in [3.63, 3.8) is 0 Å². The summed E-state index contributed by atoms with van der Waals surface area (Å²) in [6.45, 7) is 2.48. The molecule has 2 N–H and O–H groups in total. The van der Waals surface area contributed by atoms with Gasteiger partial charge in [-0.2, -0.15) is 0 Å². The van der Waals surface area contributed by atoms with Gasteiger partial charge in [0.25, 0.3) is 5.91 Å². The van der Waals surface area contributed by atoms with Gasteiger partial charge in [-0.15, -0.1) is 22.7 Å². The van der Waals surface area contributed by atoms with E-state index in [4.69, 9.17) is 5.73 Å². The number of aromatic nitrogens is 2. The van der Waals surface area contributed by atoms with E-state index in [0.717, 1.165) is 20.8 Å². The molecule has 0 unspecified atom stereocenters. The molecule has 0 aliphatic carbocycles. The Morgan fingerprint density at radius 1 is 1.43 bits per heavy atom. The van der Waals surface area contributed by atoms with Crippen LogP contribution in [0.15, 0.2) is 23.8 Å². The summed E-state index contributed by atoms with van der Waals surface area (Å²) in [7, 11) is 1.78. The number of hydrogen-bond acceptors (Lipinski definition) is 6. The average Bonchev–Trinajstić information content (AvgIpc) is 3.03. The van der Waals surface area contributed by atoms with Crippen LogP contribution in [0.3, 0.4) is 0 Å². The van der Waals surface area contributed by atoms with Crippen molar-refractivity contribution >= 4 is 44.5 Å². The number of thiophene rings is 1. The molecule has 0 saturated carbocycles. The van der Waals surface area contributed by atoms with Crippen LogP contribution in [-0.4, -0.2) is 27.8 Å². The number of aryl methyl sites for hydroxylation is 1. The summed E-state index contributed by atoms with van der Waals surface area (Å²) in [6.07, 6.45) is 1.71. The number of fused-ring (bicyclic) bond motifs is 1. The molecule has 0 spiro atoms. The van der Waals surface area contributed by atoms with Gasteiger partial charge in [-0.05, 0) is 19.1 Å². The highest BCUT2D eigenvalue weighted by atomic mass is 32.1. The van der Waals surface area contributed by atoms with Gasteiger partial charge in [0.05, 0.1) is 23.4 Å². The van der Waals surface area contributed by atoms with Gasteiger partial charge in [0.2, 0.25) is 0 Å². The third kappa shape index (κ3) is 2.50. The van der Waals surface area contributed by atoms with Crippen molar-refractivity contribution in [3.8, 4) is 0 Å². The molecule has 0 saturated heterocycles. The number of nitrogens with two attached hydrogens (primary N) is 1. The summed E-state index contributed by atoms with van der Waals surface area (Å²) in [5, 5.41) is 0.841. The summed E-state index contributed by atoms with van der Waals surface area (Å²) in [5.41, 5.74) is 9.36. The monoisotopic (exact) mass is 318 g/mol. The van der Waals surface area contributed by atoms with Crippen LogP contribution < -0.4 is 5.73 Å². The second kappa shape index (κ2) is 5.42. The first kappa shape index (κ1) is 14.0. The highest BCUT2D eigenvalue weighted by Gasteiger charge is 2.21. The minimum absolute atomic E-state index is 0.0803. The molecule has 21 heavy (non-hydrogen) atoms. The van der Waals surface area contributed by atoms with Gasteiger partial charge < -0.3 is 10.6 Å². The predicted octanol–water partition coefficient (Wildman–Crippen LogP) is 2.92. The van der Waals surface area contributed by atoms with E-state index >= 15 is 0 Å². The van der Waals surface area contributed by atoms with Crippen molar-refractivity contribution in [2.24, 2.45) is 0 Å². The fourth-order valence-electron chi connectivity index (χ4n) is 2.05. The molecule has 7 heteroatoms. The van der Waals surface area contributed by atoms with E-state index in [1.54, 1.807) is 35.0 Å². The Morgan fingerprint density at radius 3 is 2.90 bits per heavy atom. The van der Waals surface area contributed by atoms with Crippen LogP contribution in [0, 0.1) is 6.92 Å². The second-order valence-electron chi connectivity index (χ2n) is 4.72. The summed E-state index contributed by atoms with van der Waals surface area (Å²) in [5.74, 6) is -0.0803. The van der Waals surface area contributed by atoms with Gasteiger partial charge in [-0.25, -0.2) is 9.97 Å². The molecule has 108 valence electrons. The van der Waals surface area contributed by atoms with Crippen LogP contribution in [0.5, 0.6) is 0 Å². The first-order chi connectivity index (χ1) is 10.1. The molecule has 3 aromatic rings. The molecule has 3 aromatic heterocycles. The van der Waals surface area contributed by atoms with Crippen molar-refractivity contribution in [1.82, 2.24) is 14.9 Å². The molecule has 0 aliphatic rings. The maximum atomic E-state index is 12.6. The first-order valence-corrected chi connectivity index (χ1v) is 8.05. The van der Waals surface area contributed by atoms with Crippen molar-refractivity contribution in [2.75, 3.05) is 12.8 Å². The SMILES string of the molecule is Cc1ncsc1CN(C)C(=O)c1sc2ncccc2c1N. The van der Waals surface area contributed by atoms with Crippen LogP contribution in [-0.2, 0) is 6.54 Å². The number of pyridine rings is 1. The second-order valence-corrected chi connectivity index (χ2v) is 6.66. The summed E-state index contributed by atoms with van der Waals surface area (Å²) in [4.78, 5) is 25.1. The smallest absolute Gasteiger partial charge is 0.266 e. The minimum Gasteiger partial charge on any atom is -0.397 e. The maximum absolute atomic E-state index is 12.6. The van der Waals surface area contributed by atoms with Gasteiger partial charge in [-0.1, -0.05) is 0 Å². The zero-order valence-corrected chi connectivity index (χ0v) is 13.3. The van der Waals surface area contributed by atoms with Gasteiger partial charge in [0.15, 0.2) is 0 Å². The molecule has 0 aliphatic heterocycles. The topological polar surface area (TPSA) is 72.1 Å². The number of nitrogen functional groups attached to an aromatic ring is 1. The zero-order chi connectivity index (χ0) is 15.0. The van der Waals surface area contributed by atoms with Crippen molar-refractivity contribution < 1.29 is 4.79 Å². The Morgan fingerprint density at radius 2 is 2.24 bits per heavy atom. The lowest BCUT2D eigenvalue weighted by atomic mass is 10.2. The van der Waals surface area contributed by atoms with E-state index in [-0.39, 0.29) is 5.91 Å². The number of thiazole rings is 1. The molecular weight excluding hydrogens is 304 g/mol. The number of amides is 1. The molecule has 0 atom stereocenters. The molecule has 0 radical (unpaired) electrons. The molecule has 5 nitrogen and oxygen atoms in total. The lowest BCUT2D eigenvalue weighted by molar-refractivity contribution is 0.0792. The number of carbonyl (C=O) groups excluding carboxylic acids is 1. The van der Waals surface area contributed by atoms with E-state index in [1.165, 1.54) is 11.3 Å². The minimum atomic E-state index is -0.0803. The standard InChI is InChI=1S/C14H14N4OS2/c1-8-10(20-7-17-8)6-18(2)14(19)12-11(15)9-4-3-5-16-13(9)21-12/h3-5,7H,6,15H2,1-2H3. The predicted molar refractivity (Wildman–Crippen MR) is 86.7 cm³/mol. The van der Waals surface area contributed by atoms with Crippen LogP contribution in [0.1, 0.15) is 20.2 Å². The Hall–Kier alpha value is -1.99. The van der Waals surface area contributed by atoms with Crippen LogP contribution >= 0.6 is 22.7 Å². The lowest BCUT2D eigenvalue weighted by Gasteiger charge is -2.15. The molecule has 1 amide bonds. The quantitative estimate of drug-likeness (QED) is 0.806. The molecule has 3 heterocycles. The van der Waals surface area contributed by atoms with E-state index in [1.807, 2.05) is 19.1 Å². The number of carbonyl (C=O) groups is 1. The number of rotatable bonds is 3. The van der Waals surface area contributed by atoms with E-state index in [9.17, 15) is 4.79 Å². The molecular formula is C14H14N4OS2. The number of hydrogen-bond donors (Lipinski definition) is 1. The third-order valence-electron chi connectivity index (χ3n) is 3.27. The van der Waals surface area contributed by atoms with Crippen molar-refractivity contribution in [3.05, 3.63) is 39.3 Å². The lowest BCUT2D eigenvalue weighted by Crippen LogP contribution is -2.26. The Balaban J connectivity index is 1.89. The maximum Gasteiger partial charge on any atom is 0.266 e. The summed E-state index contributed by atoms with van der Waals surface area (Å²) >= 11 is 2.89. The Bertz CT molecular complexity index is 808. The van der Waals surface area contributed by atoms with E-state index < -0.39 is 0 Å². The largest absolute Gasteiger partial charge is 0.397 e. The molecule has 3 rings (SSSR count). The molecule has 0 bridgehead atoms. The average molecular weight is 318 g/mol. The van der Waals surface area contributed by atoms with E-state index in [2.05, 4.69) is 9.97 Å². The molecule has 0 aromatic carbocycles. The number of nitrogens with zero attached hydrogens (tertiary/aromatic N) is 3. The van der Waals surface area contributed by atoms with Gasteiger partial charge in [0.1, 0.15) is 9.71 Å². The normalized spacial score (nSPS) is 11.0. The number of anilines is 1. The zero-order valence-electron chi connectivity index (χ0n) is 11.7. The Kier molecular flexibility index (Phi) is 3.60. The first-order valence-electron chi connectivity index (χ1n) is 6.35. The summed E-state index contributed by atoms with van der Waals surface area (Å²) in [6, 6.07) is 3.71. The van der Waals surface area contributed by atoms with Crippen LogP contribution in [0.25, 0.3) is 10.2 Å². The van der Waals surface area contributed by atoms with Gasteiger partial charge >= 0.3 is 0 Å². The van der Waals surface area contributed by atoms with Crippen molar-refractivity contribution in [1.29, 1.82) is 0 Å². The Labute approximate surface area is 130 Å². The van der Waals surface area contributed by atoms with E-state index in [0.29, 0.717) is 17.1 Å². The van der Waals surface area contributed by atoms with Gasteiger partial charge in [0, 0.05) is 23.5 Å². The van der Waals surface area contributed by atoms with Crippen LogP contribution in [0.2, 0.25) is 0 Å². The molecule has 0 fully saturated rings. The van der Waals surface area contributed by atoms with Crippen molar-refractivity contribution in [2.45, 2.75) is 13.5 Å². The fourth-order valence-corrected chi connectivity index (χ4v) is 3.94. The third-order valence-corrected chi connectivity index (χ3v) is 5.31. The van der Waals surface area contributed by atoms with Crippen LogP contribution in [0.4, 0.5) is 5.69 Å². The summed E-state index contributed by atoms with van der Waals surface area (Å²) < 4.78 is 0. The highest BCUT2D eigenvalue weighted by Crippen LogP contribution is 2.33. The highest BCUT2D eigenvalue weighted by molar-refractivity contribution is 7.21. The van der Waals surface area contributed by atoms with Gasteiger partial charge in [-0.3, -0.25) is 4.79 Å². The fraction of sp³-hybridized carbons (Fsp3) is 0.214.